The molecule has 2 aromatic heterocycles. The van der Waals surface area contributed by atoms with Gasteiger partial charge in [0.05, 0.1) is 5.94 Å². The molecule has 4 amide bonds. The van der Waals surface area contributed by atoms with Crippen LogP contribution in [0.4, 0.5) is 0 Å². The largest absolute Gasteiger partial charge is 0.475 e. The van der Waals surface area contributed by atoms with Gasteiger partial charge in [0.25, 0.3) is 11.8 Å². The Bertz CT molecular complexity index is 1800. The summed E-state index contributed by atoms with van der Waals surface area (Å²) in [6.45, 7) is 9.80. The molecule has 0 spiro atoms. The molecule has 17 heteroatoms. The number of carbonyl (C=O) groups is 4. The Labute approximate surface area is 335 Å². The maximum atomic E-state index is 13.1. The van der Waals surface area contributed by atoms with Crippen molar-refractivity contribution in [3.8, 4) is 0 Å². The fourth-order valence-electron chi connectivity index (χ4n) is 5.77. The Balaban J connectivity index is 0.000000306. The van der Waals surface area contributed by atoms with Gasteiger partial charge in [0.15, 0.2) is 0 Å². The molecule has 0 saturated heterocycles. The van der Waals surface area contributed by atoms with Crippen LogP contribution in [0.2, 0.25) is 6.82 Å². The van der Waals surface area contributed by atoms with Crippen molar-refractivity contribution in [2.45, 2.75) is 84.2 Å². The summed E-state index contributed by atoms with van der Waals surface area (Å²) in [5, 5.41) is 30.3. The number of hydrogen-bond donors (Lipinski definition) is 6. The van der Waals surface area contributed by atoms with Crippen LogP contribution in [0.5, 0.6) is 0 Å². The lowest BCUT2D eigenvalue weighted by molar-refractivity contribution is -0.124. The zero-order valence-corrected chi connectivity index (χ0v) is 33.4. The molecule has 0 radical (unpaired) electrons. The van der Waals surface area contributed by atoms with E-state index in [9.17, 15) is 29.2 Å². The fraction of sp³-hybridized carbons (Fsp3) is 0.400. The lowest BCUT2D eigenvalue weighted by Gasteiger charge is -2.26. The van der Waals surface area contributed by atoms with Crippen molar-refractivity contribution in [3.05, 3.63) is 120 Å². The number of rotatable bonds is 19. The van der Waals surface area contributed by atoms with Crippen LogP contribution in [-0.2, 0) is 27.1 Å². The van der Waals surface area contributed by atoms with Crippen molar-refractivity contribution in [3.63, 3.8) is 0 Å². The Morgan fingerprint density at radius 1 is 0.596 bits per heavy atom. The van der Waals surface area contributed by atoms with Crippen LogP contribution in [0.3, 0.4) is 0 Å². The molecule has 2 aromatic carbocycles. The minimum atomic E-state index is -1.70. The Hall–Kier alpha value is -5.51. The highest BCUT2D eigenvalue weighted by Crippen LogP contribution is 2.12. The molecular weight excluding hydrogens is 726 g/mol. The number of aromatic nitrogens is 4. The summed E-state index contributed by atoms with van der Waals surface area (Å²) >= 11 is 0. The number of nitrogens with zero attached hydrogens (tertiary/aromatic N) is 4. The van der Waals surface area contributed by atoms with Gasteiger partial charge in [-0.05, 0) is 47.9 Å². The van der Waals surface area contributed by atoms with Gasteiger partial charge < -0.3 is 36.0 Å². The molecule has 0 fully saturated rings. The molecule has 0 bridgehead atoms. The van der Waals surface area contributed by atoms with Gasteiger partial charge in [-0.25, -0.2) is 19.9 Å². The van der Waals surface area contributed by atoms with Gasteiger partial charge >= 0.3 is 14.0 Å². The molecule has 15 nitrogen and oxygen atoms in total. The van der Waals surface area contributed by atoms with Gasteiger partial charge in [0.2, 0.25) is 23.5 Å². The first kappa shape index (κ1) is 45.9. The van der Waals surface area contributed by atoms with Crippen molar-refractivity contribution in [1.29, 1.82) is 0 Å². The zero-order valence-electron chi connectivity index (χ0n) is 33.4. The van der Waals surface area contributed by atoms with Crippen molar-refractivity contribution >= 4 is 37.7 Å². The molecule has 4 aromatic rings. The maximum Gasteiger partial charge on any atom is 0.475 e. The van der Waals surface area contributed by atoms with E-state index in [0.29, 0.717) is 18.8 Å². The van der Waals surface area contributed by atoms with Crippen molar-refractivity contribution in [2.24, 2.45) is 11.8 Å². The van der Waals surface area contributed by atoms with E-state index in [1.807, 2.05) is 81.3 Å². The van der Waals surface area contributed by atoms with Gasteiger partial charge in [-0.2, -0.15) is 0 Å². The molecule has 0 aliphatic rings. The van der Waals surface area contributed by atoms with E-state index in [4.69, 9.17) is 4.65 Å². The summed E-state index contributed by atoms with van der Waals surface area (Å²) in [4.78, 5) is 66.6. The zero-order chi connectivity index (χ0) is 41.7. The second-order valence-electron chi connectivity index (χ2n) is 14.4. The van der Waals surface area contributed by atoms with Crippen molar-refractivity contribution in [2.75, 3.05) is 7.11 Å². The average Bonchev–Trinajstić information content (AvgIpc) is 3.20. The SMILES string of the molecule is CC(C)C[C@H](NC(=O)[C@H](Cc1ccccc1)NC(=O)c1ncccn1)B(O)O.COB(C)[C@H](CC(C)C)NC(=O)[C@H](Cc1ccccc1)NC(=O)c1ncccn1. The average molecular weight is 781 g/mol. The first-order valence-electron chi connectivity index (χ1n) is 19.0. The third kappa shape index (κ3) is 16.6. The number of nitrogens with one attached hydrogen (secondary N) is 4. The molecule has 0 unspecified atom stereocenters. The number of amides is 4. The van der Waals surface area contributed by atoms with Crippen LogP contribution < -0.4 is 21.3 Å². The second kappa shape index (κ2) is 24.2. The summed E-state index contributed by atoms with van der Waals surface area (Å²) in [6, 6.07) is 20.3. The second-order valence-corrected chi connectivity index (χ2v) is 14.4. The lowest BCUT2D eigenvalue weighted by Crippen LogP contribution is -2.55. The van der Waals surface area contributed by atoms with Crippen LogP contribution in [-0.4, -0.2) is 98.7 Å². The van der Waals surface area contributed by atoms with Gasteiger partial charge in [-0.15, -0.1) is 0 Å². The predicted octanol–water partition coefficient (Wildman–Crippen LogP) is 2.52. The molecule has 0 saturated carbocycles. The standard InChI is InChI=1S/C21H29BN4O3.C19H25BN4O4/c1-15(2)13-18(22(3)29-4)26-20(27)17(14-16-9-6-5-7-10-16)25-21(28)19-23-11-8-12-24-19;1-13(2)11-16(20(27)28)24-18(25)15(12-14-7-4-3-5-8-14)23-19(26)17-21-9-6-10-22-17/h5-12,15,17-18H,13-14H2,1-4H3,(H,25,28)(H,26,27);3-10,13,15-16,27-28H,11-12H2,1-2H3,(H,23,26)(H,24,25)/t17-,18-;15-,16-/m00/s1. The summed E-state index contributed by atoms with van der Waals surface area (Å²) in [7, 11) is -0.0722. The Morgan fingerprint density at radius 2 is 0.965 bits per heavy atom. The monoisotopic (exact) mass is 780 g/mol. The molecule has 302 valence electrons. The summed E-state index contributed by atoms with van der Waals surface area (Å²) < 4.78 is 5.44. The lowest BCUT2D eigenvalue weighted by atomic mass is 9.60. The molecule has 6 N–H and O–H groups in total. The number of carbonyl (C=O) groups excluding carboxylic acids is 4. The highest BCUT2D eigenvalue weighted by Gasteiger charge is 2.31. The molecule has 57 heavy (non-hydrogen) atoms. The van der Waals surface area contributed by atoms with Crippen molar-refractivity contribution in [1.82, 2.24) is 41.2 Å². The smallest absolute Gasteiger partial charge is 0.437 e. The molecule has 2 heterocycles. The first-order chi connectivity index (χ1) is 27.3. The molecule has 0 aliphatic heterocycles. The highest BCUT2D eigenvalue weighted by atomic mass is 16.4. The van der Waals surface area contributed by atoms with Gasteiger partial charge in [0, 0.05) is 50.7 Å². The van der Waals surface area contributed by atoms with Crippen LogP contribution >= 0.6 is 0 Å². The first-order valence-corrected chi connectivity index (χ1v) is 19.0. The van der Waals surface area contributed by atoms with E-state index in [0.717, 1.165) is 17.5 Å². The highest BCUT2D eigenvalue weighted by molar-refractivity contribution is 6.52. The predicted molar refractivity (Wildman–Crippen MR) is 218 cm³/mol. The molecule has 0 aliphatic carbocycles. The van der Waals surface area contributed by atoms with E-state index in [1.165, 1.54) is 24.8 Å². The maximum absolute atomic E-state index is 13.1. The molecular formula is C40H54B2N8O7. The normalized spacial score (nSPS) is 12.9. The third-order valence-electron chi connectivity index (χ3n) is 8.75. The Morgan fingerprint density at radius 3 is 1.32 bits per heavy atom. The fourth-order valence-corrected chi connectivity index (χ4v) is 5.77. The minimum Gasteiger partial charge on any atom is -0.437 e. The van der Waals surface area contributed by atoms with E-state index in [-0.39, 0.29) is 42.8 Å². The Kier molecular flexibility index (Phi) is 19.5. The van der Waals surface area contributed by atoms with Crippen LogP contribution in [0.25, 0.3) is 0 Å². The van der Waals surface area contributed by atoms with E-state index < -0.39 is 42.9 Å². The van der Waals surface area contributed by atoms with E-state index in [1.54, 1.807) is 19.2 Å². The van der Waals surface area contributed by atoms with Gasteiger partial charge in [0.1, 0.15) is 12.1 Å². The van der Waals surface area contributed by atoms with Gasteiger partial charge in [-0.1, -0.05) is 95.2 Å². The van der Waals surface area contributed by atoms with Crippen LogP contribution in [0.15, 0.2) is 97.6 Å². The number of benzene rings is 2. The summed E-state index contributed by atoms with van der Waals surface area (Å²) in [6.07, 6.45) is 7.62. The molecule has 4 rings (SSSR count). The quantitative estimate of drug-likeness (QED) is 0.0760. The van der Waals surface area contributed by atoms with Gasteiger partial charge in [-0.3, -0.25) is 19.2 Å². The van der Waals surface area contributed by atoms with E-state index >= 15 is 0 Å². The van der Waals surface area contributed by atoms with Crippen LogP contribution in [0, 0.1) is 11.8 Å². The van der Waals surface area contributed by atoms with Crippen molar-refractivity contribution < 1.29 is 33.9 Å². The summed E-state index contributed by atoms with van der Waals surface area (Å²) in [5.74, 6) is -2.31. The minimum absolute atomic E-state index is 0.0300. The van der Waals surface area contributed by atoms with E-state index in [2.05, 4.69) is 55.1 Å². The molecule has 4 atom stereocenters. The van der Waals surface area contributed by atoms with Crippen LogP contribution in [0.1, 0.15) is 72.9 Å². The number of hydrogen-bond acceptors (Lipinski definition) is 11. The third-order valence-corrected chi connectivity index (χ3v) is 8.75. The summed E-state index contributed by atoms with van der Waals surface area (Å²) in [5.41, 5.74) is 1.80. The topological polar surface area (TPSA) is 218 Å².